The SMILES string of the molecule is CN(c1nccc(C(N)=S)n1)C(C)(C)CO. The third-order valence-corrected chi connectivity index (χ3v) is 2.70. The fourth-order valence-electron chi connectivity index (χ4n) is 1.02. The quantitative estimate of drug-likeness (QED) is 0.738. The summed E-state index contributed by atoms with van der Waals surface area (Å²) < 4.78 is 0. The van der Waals surface area contributed by atoms with Gasteiger partial charge in [-0.25, -0.2) is 9.97 Å². The third kappa shape index (κ3) is 2.65. The Labute approximate surface area is 100 Å². The van der Waals surface area contributed by atoms with Gasteiger partial charge in [-0.05, 0) is 19.9 Å². The number of aliphatic hydroxyl groups is 1. The highest BCUT2D eigenvalue weighted by atomic mass is 32.1. The van der Waals surface area contributed by atoms with Crippen LogP contribution in [0.4, 0.5) is 5.95 Å². The molecule has 0 unspecified atom stereocenters. The molecule has 0 aromatic carbocycles. The first-order chi connectivity index (χ1) is 7.38. The summed E-state index contributed by atoms with van der Waals surface area (Å²) in [6, 6.07) is 1.66. The number of likely N-dealkylation sites (N-methyl/N-ethyl adjacent to an activating group) is 1. The maximum atomic E-state index is 9.26. The van der Waals surface area contributed by atoms with E-state index in [0.29, 0.717) is 11.6 Å². The zero-order valence-corrected chi connectivity index (χ0v) is 10.5. The van der Waals surface area contributed by atoms with Crippen molar-refractivity contribution in [2.24, 2.45) is 5.73 Å². The minimum absolute atomic E-state index is 0.00413. The zero-order valence-electron chi connectivity index (χ0n) is 9.64. The van der Waals surface area contributed by atoms with Crippen LogP contribution in [0.1, 0.15) is 19.5 Å². The van der Waals surface area contributed by atoms with Crippen molar-refractivity contribution in [2.75, 3.05) is 18.6 Å². The number of aliphatic hydroxyl groups excluding tert-OH is 1. The Morgan fingerprint density at radius 2 is 2.25 bits per heavy atom. The van der Waals surface area contributed by atoms with Crippen LogP contribution in [0, 0.1) is 0 Å². The second-order valence-corrected chi connectivity index (χ2v) is 4.58. The van der Waals surface area contributed by atoms with Crippen molar-refractivity contribution in [2.45, 2.75) is 19.4 Å². The fourth-order valence-corrected chi connectivity index (χ4v) is 1.14. The van der Waals surface area contributed by atoms with Gasteiger partial charge in [0.05, 0.1) is 12.1 Å². The number of anilines is 1. The lowest BCUT2D eigenvalue weighted by Crippen LogP contribution is -2.45. The van der Waals surface area contributed by atoms with Gasteiger partial charge in [-0.1, -0.05) is 12.2 Å². The van der Waals surface area contributed by atoms with Gasteiger partial charge in [-0.15, -0.1) is 0 Å². The molecule has 16 heavy (non-hydrogen) atoms. The smallest absolute Gasteiger partial charge is 0.226 e. The molecule has 1 aromatic heterocycles. The number of aromatic nitrogens is 2. The van der Waals surface area contributed by atoms with Crippen LogP contribution in [0.15, 0.2) is 12.3 Å². The van der Waals surface area contributed by atoms with E-state index < -0.39 is 5.54 Å². The van der Waals surface area contributed by atoms with Gasteiger partial charge in [0, 0.05) is 13.2 Å². The van der Waals surface area contributed by atoms with E-state index in [0.717, 1.165) is 0 Å². The molecule has 1 heterocycles. The van der Waals surface area contributed by atoms with E-state index in [1.807, 2.05) is 20.9 Å². The molecule has 0 saturated carbocycles. The molecule has 0 aliphatic rings. The molecule has 0 amide bonds. The van der Waals surface area contributed by atoms with Crippen molar-refractivity contribution in [1.82, 2.24) is 9.97 Å². The fraction of sp³-hybridized carbons (Fsp3) is 0.500. The van der Waals surface area contributed by atoms with Crippen LogP contribution in [-0.2, 0) is 0 Å². The Kier molecular flexibility index (Phi) is 3.77. The molecule has 1 rings (SSSR count). The molecule has 0 fully saturated rings. The number of rotatable bonds is 4. The average Bonchev–Trinajstić information content (AvgIpc) is 2.28. The lowest BCUT2D eigenvalue weighted by atomic mass is 10.1. The molecule has 0 aliphatic carbocycles. The molecule has 0 radical (unpaired) electrons. The van der Waals surface area contributed by atoms with Crippen molar-refractivity contribution in [1.29, 1.82) is 0 Å². The summed E-state index contributed by atoms with van der Waals surface area (Å²) in [7, 11) is 1.81. The number of hydrogen-bond donors (Lipinski definition) is 2. The van der Waals surface area contributed by atoms with E-state index in [9.17, 15) is 5.11 Å². The van der Waals surface area contributed by atoms with Gasteiger partial charge in [0.1, 0.15) is 10.7 Å². The van der Waals surface area contributed by atoms with Crippen LogP contribution in [0.2, 0.25) is 0 Å². The Bertz CT molecular complexity index is 394. The normalized spacial score (nSPS) is 11.2. The van der Waals surface area contributed by atoms with Gasteiger partial charge in [0.2, 0.25) is 5.95 Å². The summed E-state index contributed by atoms with van der Waals surface area (Å²) in [5.74, 6) is 0.490. The topological polar surface area (TPSA) is 75.3 Å². The van der Waals surface area contributed by atoms with Gasteiger partial charge in [0.25, 0.3) is 0 Å². The van der Waals surface area contributed by atoms with Gasteiger partial charge in [-0.2, -0.15) is 0 Å². The molecule has 5 nitrogen and oxygen atoms in total. The van der Waals surface area contributed by atoms with Crippen molar-refractivity contribution < 1.29 is 5.11 Å². The highest BCUT2D eigenvalue weighted by Gasteiger charge is 2.24. The third-order valence-electron chi connectivity index (χ3n) is 2.49. The molecule has 6 heteroatoms. The van der Waals surface area contributed by atoms with Gasteiger partial charge in [0.15, 0.2) is 0 Å². The summed E-state index contributed by atoms with van der Waals surface area (Å²) in [5.41, 5.74) is 5.59. The highest BCUT2D eigenvalue weighted by Crippen LogP contribution is 2.17. The second-order valence-electron chi connectivity index (χ2n) is 4.14. The van der Waals surface area contributed by atoms with Crippen molar-refractivity contribution in [3.63, 3.8) is 0 Å². The van der Waals surface area contributed by atoms with Gasteiger partial charge in [-0.3, -0.25) is 0 Å². The molecule has 0 bridgehead atoms. The number of nitrogens with zero attached hydrogens (tertiary/aromatic N) is 3. The van der Waals surface area contributed by atoms with Crippen LogP contribution < -0.4 is 10.6 Å². The highest BCUT2D eigenvalue weighted by molar-refractivity contribution is 7.80. The minimum Gasteiger partial charge on any atom is -0.394 e. The molecule has 88 valence electrons. The summed E-state index contributed by atoms with van der Waals surface area (Å²) in [6.45, 7) is 3.79. The number of thiocarbonyl (C=S) groups is 1. The Balaban J connectivity index is 3.05. The van der Waals surface area contributed by atoms with E-state index in [1.165, 1.54) is 0 Å². The molecular weight excluding hydrogens is 224 g/mol. The first kappa shape index (κ1) is 12.8. The lowest BCUT2D eigenvalue weighted by molar-refractivity contribution is 0.215. The molecule has 3 N–H and O–H groups in total. The van der Waals surface area contributed by atoms with Crippen LogP contribution in [-0.4, -0.2) is 39.3 Å². The lowest BCUT2D eigenvalue weighted by Gasteiger charge is -2.33. The second kappa shape index (κ2) is 4.71. The Morgan fingerprint density at radius 3 is 2.75 bits per heavy atom. The predicted octanol–water partition coefficient (Wildman–Crippen LogP) is 0.318. The van der Waals surface area contributed by atoms with E-state index >= 15 is 0 Å². The minimum atomic E-state index is -0.436. The maximum absolute atomic E-state index is 9.26. The van der Waals surface area contributed by atoms with Crippen molar-refractivity contribution >= 4 is 23.2 Å². The van der Waals surface area contributed by atoms with Gasteiger partial charge < -0.3 is 15.7 Å². The van der Waals surface area contributed by atoms with Crippen LogP contribution >= 0.6 is 12.2 Å². The van der Waals surface area contributed by atoms with E-state index in [2.05, 4.69) is 9.97 Å². The maximum Gasteiger partial charge on any atom is 0.226 e. The van der Waals surface area contributed by atoms with Crippen LogP contribution in [0.5, 0.6) is 0 Å². The summed E-state index contributed by atoms with van der Waals surface area (Å²) in [6.07, 6.45) is 1.60. The molecule has 1 aromatic rings. The van der Waals surface area contributed by atoms with Crippen LogP contribution in [0.3, 0.4) is 0 Å². The number of hydrogen-bond acceptors (Lipinski definition) is 5. The standard InChI is InChI=1S/C10H16N4OS/c1-10(2,6-15)14(3)9-12-5-4-7(13-9)8(11)16/h4-5,15H,6H2,1-3H3,(H2,11,16). The Hall–Kier alpha value is -1.27. The van der Waals surface area contributed by atoms with Crippen LogP contribution in [0.25, 0.3) is 0 Å². The monoisotopic (exact) mass is 240 g/mol. The molecule has 0 spiro atoms. The summed E-state index contributed by atoms with van der Waals surface area (Å²) in [4.78, 5) is 10.4. The largest absolute Gasteiger partial charge is 0.394 e. The van der Waals surface area contributed by atoms with E-state index in [-0.39, 0.29) is 11.6 Å². The van der Waals surface area contributed by atoms with E-state index in [4.69, 9.17) is 18.0 Å². The van der Waals surface area contributed by atoms with Gasteiger partial charge >= 0.3 is 0 Å². The number of nitrogens with two attached hydrogens (primary N) is 1. The summed E-state index contributed by atoms with van der Waals surface area (Å²) >= 11 is 4.85. The molecular formula is C10H16N4OS. The first-order valence-corrected chi connectivity index (χ1v) is 5.27. The van der Waals surface area contributed by atoms with Crippen molar-refractivity contribution in [3.8, 4) is 0 Å². The zero-order chi connectivity index (χ0) is 12.3. The average molecular weight is 240 g/mol. The first-order valence-electron chi connectivity index (χ1n) is 4.86. The van der Waals surface area contributed by atoms with E-state index in [1.54, 1.807) is 17.2 Å². The summed E-state index contributed by atoms with van der Waals surface area (Å²) in [5, 5.41) is 9.26. The Morgan fingerprint density at radius 1 is 1.62 bits per heavy atom. The predicted molar refractivity (Wildman–Crippen MR) is 67.5 cm³/mol. The van der Waals surface area contributed by atoms with Crippen molar-refractivity contribution in [3.05, 3.63) is 18.0 Å². The molecule has 0 aliphatic heterocycles. The molecule has 0 atom stereocenters. The molecule has 0 saturated heterocycles.